The van der Waals surface area contributed by atoms with Crippen LogP contribution in [0.3, 0.4) is 0 Å². The number of likely N-dealkylation sites (tertiary alicyclic amines) is 1. The van der Waals surface area contributed by atoms with E-state index in [1.165, 1.54) is 96.9 Å². The van der Waals surface area contributed by atoms with Crippen molar-refractivity contribution in [2.24, 2.45) is 5.41 Å². The topological polar surface area (TPSA) is 41.1 Å². The number of pyridine rings is 2. The summed E-state index contributed by atoms with van der Waals surface area (Å²) < 4.78 is 0. The molecule has 1 fully saturated rings. The maximum Gasteiger partial charge on any atom is 0.129 e. The normalized spacial score (nSPS) is 13.2. The number of hydrogen-bond donors (Lipinski definition) is 1. The fourth-order valence-electron chi connectivity index (χ4n) is 6.67. The van der Waals surface area contributed by atoms with Crippen molar-refractivity contribution in [1.82, 2.24) is 14.9 Å². The molecule has 0 unspecified atom stereocenters. The Bertz CT molecular complexity index is 1260. The van der Waals surface area contributed by atoms with E-state index in [9.17, 15) is 0 Å². The molecule has 0 saturated carbocycles. The van der Waals surface area contributed by atoms with Crippen LogP contribution < -0.4 is 5.32 Å². The van der Waals surface area contributed by atoms with Crippen molar-refractivity contribution in [3.05, 3.63) is 100 Å². The summed E-state index contributed by atoms with van der Waals surface area (Å²) in [6.45, 7) is 28.4. The van der Waals surface area contributed by atoms with Gasteiger partial charge in [0.15, 0.2) is 0 Å². The Kier molecular flexibility index (Phi) is 21.5. The third kappa shape index (κ3) is 15.0. The average Bonchev–Trinajstić information content (AvgIpc) is 3.10. The van der Waals surface area contributed by atoms with E-state index in [2.05, 4.69) is 94.5 Å². The van der Waals surface area contributed by atoms with Crippen LogP contribution in [0.25, 0.3) is 0 Å². The lowest BCUT2D eigenvalue weighted by molar-refractivity contribution is 0.103. The predicted molar refractivity (Wildman–Crippen MR) is 213 cm³/mol. The highest BCUT2D eigenvalue weighted by molar-refractivity contribution is 5.45. The summed E-state index contributed by atoms with van der Waals surface area (Å²) in [5.41, 5.74) is 11.3. The molecule has 268 valence electrons. The van der Waals surface area contributed by atoms with E-state index in [1.54, 1.807) is 12.4 Å². The molecule has 0 spiro atoms. The van der Waals surface area contributed by atoms with Gasteiger partial charge >= 0.3 is 0 Å². The van der Waals surface area contributed by atoms with E-state index in [0.717, 1.165) is 43.9 Å². The number of hydrogen-bond acceptors (Lipinski definition) is 4. The van der Waals surface area contributed by atoms with Gasteiger partial charge in [0.2, 0.25) is 0 Å². The molecule has 4 nitrogen and oxygen atoms in total. The average molecular weight is 657 g/mol. The minimum absolute atomic E-state index is 0.581. The first-order valence-corrected chi connectivity index (χ1v) is 19.1. The molecule has 4 rings (SSSR count). The summed E-state index contributed by atoms with van der Waals surface area (Å²) in [6, 6.07) is 13.0. The Hall–Kier alpha value is -3.14. The van der Waals surface area contributed by atoms with Crippen LogP contribution in [0.2, 0.25) is 0 Å². The first-order valence-electron chi connectivity index (χ1n) is 19.1. The van der Waals surface area contributed by atoms with Gasteiger partial charge in [-0.3, -0.25) is 4.98 Å². The van der Waals surface area contributed by atoms with Crippen molar-refractivity contribution < 1.29 is 0 Å². The molecule has 3 aromatic rings. The second-order valence-corrected chi connectivity index (χ2v) is 13.5. The summed E-state index contributed by atoms with van der Waals surface area (Å²) in [5.74, 6) is 1.05. The zero-order valence-electron chi connectivity index (χ0n) is 33.1. The number of allylic oxidation sites excluding steroid dienone is 1. The number of benzene rings is 1. The van der Waals surface area contributed by atoms with Crippen LogP contribution in [-0.2, 0) is 19.3 Å². The van der Waals surface area contributed by atoms with Gasteiger partial charge in [-0.2, -0.15) is 0 Å². The molecule has 3 heterocycles. The van der Waals surface area contributed by atoms with Crippen LogP contribution in [0.1, 0.15) is 138 Å². The second-order valence-electron chi connectivity index (χ2n) is 13.5. The highest BCUT2D eigenvalue weighted by Crippen LogP contribution is 2.41. The summed E-state index contributed by atoms with van der Waals surface area (Å²) >= 11 is 0. The number of anilines is 1. The Morgan fingerprint density at radius 2 is 1.42 bits per heavy atom. The minimum Gasteiger partial charge on any atom is -0.375 e. The van der Waals surface area contributed by atoms with Gasteiger partial charge < -0.3 is 10.2 Å². The highest BCUT2D eigenvalue weighted by atomic mass is 15.1. The Labute approximate surface area is 297 Å². The van der Waals surface area contributed by atoms with Gasteiger partial charge in [0, 0.05) is 50.3 Å². The van der Waals surface area contributed by atoms with Crippen LogP contribution in [-0.4, -0.2) is 35.0 Å². The monoisotopic (exact) mass is 657 g/mol. The van der Waals surface area contributed by atoms with Crippen molar-refractivity contribution in [2.45, 2.75) is 146 Å². The van der Waals surface area contributed by atoms with Gasteiger partial charge in [-0.05, 0) is 130 Å². The second kappa shape index (κ2) is 24.1. The zero-order valence-corrected chi connectivity index (χ0v) is 33.1. The molecule has 4 heteroatoms. The SMILES string of the molecule is C=C(Cc1ccc(CCCCC)c(NC)n1)N1CCC(CCC)(CCC)CC1.CC.CCc1cc(C)c(C)c(C)c1.Cc1ccncc1. The number of nitrogens with zero attached hydrogens (tertiary/aromatic N) is 3. The first kappa shape index (κ1) is 42.9. The zero-order chi connectivity index (χ0) is 36.0. The molecule has 0 atom stereocenters. The highest BCUT2D eigenvalue weighted by Gasteiger charge is 2.33. The van der Waals surface area contributed by atoms with Crippen molar-refractivity contribution in [3.8, 4) is 0 Å². The maximum absolute atomic E-state index is 4.89. The molecule has 0 radical (unpaired) electrons. The number of rotatable bonds is 13. The van der Waals surface area contributed by atoms with Gasteiger partial charge in [-0.1, -0.05) is 92.0 Å². The third-order valence-corrected chi connectivity index (χ3v) is 9.78. The molecule has 1 aromatic carbocycles. The van der Waals surface area contributed by atoms with Gasteiger partial charge in [0.1, 0.15) is 5.82 Å². The number of aromatic nitrogens is 2. The van der Waals surface area contributed by atoms with Crippen LogP contribution in [0.5, 0.6) is 0 Å². The van der Waals surface area contributed by atoms with E-state index in [4.69, 9.17) is 4.98 Å². The summed E-state index contributed by atoms with van der Waals surface area (Å²) in [7, 11) is 1.98. The van der Waals surface area contributed by atoms with Crippen molar-refractivity contribution >= 4 is 5.82 Å². The van der Waals surface area contributed by atoms with Crippen LogP contribution in [0.4, 0.5) is 5.82 Å². The lowest BCUT2D eigenvalue weighted by atomic mass is 9.72. The van der Waals surface area contributed by atoms with E-state index < -0.39 is 0 Å². The quantitative estimate of drug-likeness (QED) is 0.186. The lowest BCUT2D eigenvalue weighted by Gasteiger charge is -2.43. The van der Waals surface area contributed by atoms with E-state index in [1.807, 2.05) is 40.0 Å². The molecule has 1 aliphatic rings. The number of piperidine rings is 1. The molecule has 1 saturated heterocycles. The largest absolute Gasteiger partial charge is 0.375 e. The van der Waals surface area contributed by atoms with Crippen LogP contribution in [0.15, 0.2) is 61.1 Å². The number of aryl methyl sites for hydroxylation is 5. The molecule has 1 aliphatic heterocycles. The summed E-state index contributed by atoms with van der Waals surface area (Å²) in [6.07, 6.45) is 18.5. The molecular weight excluding hydrogens is 585 g/mol. The fraction of sp³-hybridized carbons (Fsp3) is 0.591. The molecule has 0 aliphatic carbocycles. The van der Waals surface area contributed by atoms with Crippen molar-refractivity contribution in [2.75, 3.05) is 25.5 Å². The molecule has 2 aromatic heterocycles. The van der Waals surface area contributed by atoms with Crippen molar-refractivity contribution in [3.63, 3.8) is 0 Å². The number of unbranched alkanes of at least 4 members (excludes halogenated alkanes) is 2. The van der Waals surface area contributed by atoms with Gasteiger partial charge in [-0.15, -0.1) is 0 Å². The van der Waals surface area contributed by atoms with Gasteiger partial charge in [-0.25, -0.2) is 4.98 Å². The van der Waals surface area contributed by atoms with Crippen LogP contribution in [0, 0.1) is 33.1 Å². The fourth-order valence-corrected chi connectivity index (χ4v) is 6.67. The lowest BCUT2D eigenvalue weighted by Crippen LogP contribution is -2.39. The predicted octanol–water partition coefficient (Wildman–Crippen LogP) is 12.2. The first-order chi connectivity index (χ1) is 23.1. The van der Waals surface area contributed by atoms with E-state index in [0.29, 0.717) is 5.41 Å². The molecular formula is C44H72N4. The van der Waals surface area contributed by atoms with Gasteiger partial charge in [0.05, 0.1) is 0 Å². The minimum atomic E-state index is 0.581. The third-order valence-electron chi connectivity index (χ3n) is 9.78. The molecule has 48 heavy (non-hydrogen) atoms. The van der Waals surface area contributed by atoms with E-state index >= 15 is 0 Å². The molecule has 1 N–H and O–H groups in total. The Morgan fingerprint density at radius 1 is 0.833 bits per heavy atom. The number of nitrogens with one attached hydrogen (secondary N) is 1. The van der Waals surface area contributed by atoms with E-state index in [-0.39, 0.29) is 0 Å². The standard InChI is InChI=1S/C25H43N3.C11H16.C6H7N.C2H6/c1-6-9-10-11-22-12-13-23(27-24(22)26-5)20-21(4)28-18-16-25(14-7-2,15-8-3)17-19-28;1-5-11-6-8(2)10(4)9(3)7-11;1-6-2-4-7-5-3-6;1-2/h12-13H,4,6-11,14-20H2,1-3,5H3,(H,26,27);6-7H,5H2,1-4H3;2-5H,1H3;1-2H3. The Balaban J connectivity index is 0.000000466. The van der Waals surface area contributed by atoms with Crippen LogP contribution >= 0.6 is 0 Å². The smallest absolute Gasteiger partial charge is 0.129 e. The van der Waals surface area contributed by atoms with Crippen molar-refractivity contribution in [1.29, 1.82) is 0 Å². The summed E-state index contributed by atoms with van der Waals surface area (Å²) in [5, 5.41) is 3.30. The molecule has 0 amide bonds. The molecule has 0 bridgehead atoms. The summed E-state index contributed by atoms with van der Waals surface area (Å²) in [4.78, 5) is 11.3. The maximum atomic E-state index is 4.89. The van der Waals surface area contributed by atoms with Gasteiger partial charge in [0.25, 0.3) is 0 Å². The Morgan fingerprint density at radius 3 is 1.88 bits per heavy atom.